The summed E-state index contributed by atoms with van der Waals surface area (Å²) in [4.78, 5) is 55.4. The molecular formula is C53H54Cl4N14O2S3. The number of amides is 2. The molecule has 0 unspecified atom stereocenters. The second-order valence-electron chi connectivity index (χ2n) is 18.4. The van der Waals surface area contributed by atoms with Crippen molar-refractivity contribution < 1.29 is 9.59 Å². The van der Waals surface area contributed by atoms with Crippen molar-refractivity contribution in [1.29, 1.82) is 10.5 Å². The number of nitrogens with one attached hydrogen (secondary N) is 1. The van der Waals surface area contributed by atoms with Gasteiger partial charge in [0, 0.05) is 62.0 Å². The van der Waals surface area contributed by atoms with E-state index < -0.39 is 0 Å². The summed E-state index contributed by atoms with van der Waals surface area (Å²) in [5, 5.41) is 25.8. The quantitative estimate of drug-likeness (QED) is 0.0601. The number of piperidine rings is 2. The van der Waals surface area contributed by atoms with Gasteiger partial charge < -0.3 is 30.7 Å². The Hall–Kier alpha value is -5.71. The Kier molecular flexibility index (Phi) is 19.0. The number of rotatable bonds is 9. The number of para-hydroxylation sites is 2. The maximum absolute atomic E-state index is 13.2. The van der Waals surface area contributed by atoms with E-state index in [2.05, 4.69) is 85.2 Å². The fourth-order valence-corrected chi connectivity index (χ4v) is 12.6. The first-order chi connectivity index (χ1) is 36.6. The monoisotopic (exact) mass is 1150 g/mol. The minimum Gasteiger partial charge on any atom is -0.399 e. The average Bonchev–Trinajstić information content (AvgIpc) is 3.43. The van der Waals surface area contributed by atoms with Crippen LogP contribution in [0.4, 0.5) is 40.1 Å². The molecule has 76 heavy (non-hydrogen) atoms. The van der Waals surface area contributed by atoms with Crippen LogP contribution in [0.2, 0.25) is 20.1 Å². The van der Waals surface area contributed by atoms with Gasteiger partial charge in [0.1, 0.15) is 22.2 Å². The van der Waals surface area contributed by atoms with E-state index in [1.807, 2.05) is 36.6 Å². The highest BCUT2D eigenvalue weighted by molar-refractivity contribution is 8.00. The van der Waals surface area contributed by atoms with E-state index in [-0.39, 0.29) is 11.8 Å². The lowest BCUT2D eigenvalue weighted by molar-refractivity contribution is 0.0977. The van der Waals surface area contributed by atoms with Crippen molar-refractivity contribution in [2.75, 3.05) is 103 Å². The third-order valence-corrected chi connectivity index (χ3v) is 17.0. The molecule has 0 atom stereocenters. The number of anilines is 7. The third-order valence-electron chi connectivity index (χ3n) is 13.3. The van der Waals surface area contributed by atoms with Gasteiger partial charge in [0.2, 0.25) is 5.95 Å². The summed E-state index contributed by atoms with van der Waals surface area (Å²) in [6, 6.07) is 27.4. The predicted molar refractivity (Wildman–Crippen MR) is 312 cm³/mol. The number of nitrogens with two attached hydrogens (primary N) is 1. The second kappa shape index (κ2) is 25.6. The first-order valence-electron chi connectivity index (χ1n) is 24.1. The van der Waals surface area contributed by atoms with E-state index in [0.29, 0.717) is 110 Å². The summed E-state index contributed by atoms with van der Waals surface area (Å²) in [5.41, 5.74) is 12.2. The number of carbonyl (C=O) groups is 2. The number of aromatic nitrogens is 4. The molecule has 6 heterocycles. The van der Waals surface area contributed by atoms with E-state index in [1.54, 1.807) is 53.6 Å². The van der Waals surface area contributed by atoms with E-state index in [0.717, 1.165) is 63.2 Å². The van der Waals surface area contributed by atoms with Crippen LogP contribution in [0.1, 0.15) is 57.5 Å². The summed E-state index contributed by atoms with van der Waals surface area (Å²) >= 11 is 29.3. The number of hydrogen-bond acceptors (Lipinski definition) is 17. The number of benzene rings is 4. The Morgan fingerprint density at radius 1 is 0.658 bits per heavy atom. The number of fused-ring (bicyclic) bond motifs is 2. The number of carbonyl (C=O) groups excluding carboxylic acids is 2. The minimum atomic E-state index is -0.260. The number of hydrogen-bond donors (Lipinski definition) is 2. The van der Waals surface area contributed by atoms with Gasteiger partial charge in [0.25, 0.3) is 11.8 Å². The zero-order valence-corrected chi connectivity index (χ0v) is 47.8. The summed E-state index contributed by atoms with van der Waals surface area (Å²) in [6.45, 7) is 3.84. The van der Waals surface area contributed by atoms with Gasteiger partial charge >= 0.3 is 0 Å². The molecule has 394 valence electrons. The molecule has 16 nitrogen and oxygen atoms in total. The Balaban J connectivity index is 0.000000166. The maximum Gasteiger partial charge on any atom is 0.263 e. The second-order valence-corrected chi connectivity index (χ2v) is 22.6. The van der Waals surface area contributed by atoms with Crippen molar-refractivity contribution in [2.24, 2.45) is 0 Å². The molecule has 23 heteroatoms. The lowest BCUT2D eigenvalue weighted by Gasteiger charge is -2.36. The van der Waals surface area contributed by atoms with Gasteiger partial charge in [-0.25, -0.2) is 19.9 Å². The average molecular weight is 1160 g/mol. The summed E-state index contributed by atoms with van der Waals surface area (Å²) in [6.07, 6.45) is 9.37. The van der Waals surface area contributed by atoms with Crippen molar-refractivity contribution in [3.63, 3.8) is 0 Å². The number of nitrogens with zero attached hydrogens (tertiary/aromatic N) is 12. The highest BCUT2D eigenvalue weighted by Gasteiger charge is 2.32. The van der Waals surface area contributed by atoms with Crippen LogP contribution in [0.3, 0.4) is 0 Å². The molecule has 2 fully saturated rings. The van der Waals surface area contributed by atoms with Crippen LogP contribution in [-0.2, 0) is 0 Å². The lowest BCUT2D eigenvalue weighted by Crippen LogP contribution is -2.42. The number of nitriles is 2. The number of thioether (sulfide) groups is 3. The zero-order chi connectivity index (χ0) is 54.2. The minimum absolute atomic E-state index is 0.189. The van der Waals surface area contributed by atoms with Gasteiger partial charge in [0.15, 0.2) is 5.16 Å². The molecule has 0 bridgehead atoms. The maximum atomic E-state index is 13.2. The fraction of sp³-hybridized carbons (Fsp3) is 0.321. The van der Waals surface area contributed by atoms with Crippen LogP contribution in [0.5, 0.6) is 0 Å². The summed E-state index contributed by atoms with van der Waals surface area (Å²) < 4.78 is 0. The van der Waals surface area contributed by atoms with Crippen molar-refractivity contribution >= 4 is 134 Å². The van der Waals surface area contributed by atoms with Crippen LogP contribution in [0.15, 0.2) is 100 Å². The molecule has 6 aromatic rings. The Labute approximate surface area is 475 Å². The van der Waals surface area contributed by atoms with Gasteiger partial charge in [-0.3, -0.25) is 19.4 Å². The molecule has 2 saturated heterocycles. The third kappa shape index (κ3) is 13.0. The van der Waals surface area contributed by atoms with Gasteiger partial charge in [-0.1, -0.05) is 93.8 Å². The molecular weight excluding hydrogens is 1100 g/mol. The molecule has 2 aromatic heterocycles. The van der Waals surface area contributed by atoms with Crippen molar-refractivity contribution in [1.82, 2.24) is 29.7 Å². The number of nitrogen functional groups attached to an aromatic ring is 1. The fourth-order valence-electron chi connectivity index (χ4n) is 9.15. The molecule has 2 amide bonds. The standard InChI is InChI=1S/C26H25Cl2N7OS.C14H20N4.C13H9Cl2N3OS2/c1-33(2)18-8-10-34(11-9-18)22-7-6-17(12-16(22)13-29)31-26-30-14-19-24(32-26)37-15-35(25(19)36)23-20(27)4-3-5-21(23)28;1-17(2)13-5-7-18(8-6-13)14-4-3-12(16)9-11(14)10-15;1-20-13-16-5-7-11(17-13)21-6-18(12(7)19)10-8(14)3-2-4-9(10)15/h3-7,12,14,18H,8-11,15H2,1-2H3,(H,30,31,32);3-4,9,13H,5-8,16H2,1-2H3;2-5H,6H2,1H3. The van der Waals surface area contributed by atoms with E-state index in [1.165, 1.54) is 46.4 Å². The van der Waals surface area contributed by atoms with Gasteiger partial charge in [-0.2, -0.15) is 10.5 Å². The van der Waals surface area contributed by atoms with Crippen LogP contribution in [0.25, 0.3) is 0 Å². The molecule has 3 N–H and O–H groups in total. The SMILES string of the molecule is CN(C)C1CCN(c2ccc(N)cc2C#N)CC1.CN(C)C1CCN(c2ccc(Nc3ncc4c(n3)SCN(c3c(Cl)cccc3Cl)C4=O)cc2C#N)CC1.CSc1ncc2c(n1)SCN(c1c(Cl)cccc1Cl)C2=O. The molecule has 0 aliphatic carbocycles. The molecule has 4 aromatic carbocycles. The molecule has 10 rings (SSSR count). The first kappa shape index (κ1) is 56.5. The highest BCUT2D eigenvalue weighted by Crippen LogP contribution is 2.41. The molecule has 4 aliphatic rings. The van der Waals surface area contributed by atoms with Crippen molar-refractivity contribution in [3.8, 4) is 12.1 Å². The van der Waals surface area contributed by atoms with Crippen molar-refractivity contribution in [3.05, 3.63) is 128 Å². The largest absolute Gasteiger partial charge is 0.399 e. The van der Waals surface area contributed by atoms with Crippen molar-refractivity contribution in [2.45, 2.75) is 53.0 Å². The zero-order valence-electron chi connectivity index (χ0n) is 42.3. The lowest BCUT2D eigenvalue weighted by atomic mass is 10.0. The van der Waals surface area contributed by atoms with E-state index >= 15 is 0 Å². The molecule has 0 saturated carbocycles. The van der Waals surface area contributed by atoms with Crippen LogP contribution in [0, 0.1) is 22.7 Å². The van der Waals surface area contributed by atoms with Crippen LogP contribution >= 0.6 is 81.7 Å². The highest BCUT2D eigenvalue weighted by atomic mass is 35.5. The molecule has 0 radical (unpaired) electrons. The Bertz CT molecular complexity index is 3160. The van der Waals surface area contributed by atoms with Gasteiger partial charge in [-0.15, -0.1) is 0 Å². The summed E-state index contributed by atoms with van der Waals surface area (Å²) in [7, 11) is 8.49. The normalized spacial score (nSPS) is 15.8. The van der Waals surface area contributed by atoms with Gasteiger partial charge in [-0.05, 0) is 121 Å². The topological polar surface area (TPSA) is 191 Å². The van der Waals surface area contributed by atoms with Crippen LogP contribution in [-0.4, -0.2) is 126 Å². The number of halogens is 4. The van der Waals surface area contributed by atoms with E-state index in [9.17, 15) is 20.1 Å². The van der Waals surface area contributed by atoms with Crippen LogP contribution < -0.4 is 30.7 Å². The Morgan fingerprint density at radius 3 is 1.57 bits per heavy atom. The summed E-state index contributed by atoms with van der Waals surface area (Å²) in [5.74, 6) is 0.645. The smallest absolute Gasteiger partial charge is 0.263 e. The van der Waals surface area contributed by atoms with Gasteiger partial charge in [0.05, 0.1) is 76.8 Å². The molecule has 4 aliphatic heterocycles. The predicted octanol–water partition coefficient (Wildman–Crippen LogP) is 11.5. The Morgan fingerprint density at radius 2 is 1.11 bits per heavy atom. The molecule has 0 spiro atoms. The van der Waals surface area contributed by atoms with E-state index in [4.69, 9.17) is 52.1 Å². The first-order valence-corrected chi connectivity index (χ1v) is 28.8.